The van der Waals surface area contributed by atoms with E-state index in [2.05, 4.69) is 4.98 Å². The summed E-state index contributed by atoms with van der Waals surface area (Å²) < 4.78 is 30.4. The average Bonchev–Trinajstić information content (AvgIpc) is 2.63. The van der Waals surface area contributed by atoms with E-state index in [9.17, 15) is 18.5 Å². The van der Waals surface area contributed by atoms with Crippen molar-refractivity contribution >= 4 is 15.9 Å². The molecule has 112 valence electrons. The Kier molecular flexibility index (Phi) is 3.69. The van der Waals surface area contributed by atoms with Gasteiger partial charge in [0.1, 0.15) is 10.6 Å². The lowest BCUT2D eigenvalue weighted by Gasteiger charge is -2.06. The summed E-state index contributed by atoms with van der Waals surface area (Å²) in [5, 5.41) is 10.9. The summed E-state index contributed by atoms with van der Waals surface area (Å²) in [5.41, 5.74) is 0.593. The molecule has 0 saturated carbocycles. The van der Waals surface area contributed by atoms with E-state index < -0.39 is 15.0 Å². The summed E-state index contributed by atoms with van der Waals surface area (Å²) in [6.45, 7) is 3.04. The van der Waals surface area contributed by atoms with Crippen LogP contribution in [0.15, 0.2) is 29.2 Å². The Morgan fingerprint density at radius 3 is 2.43 bits per heavy atom. The first kappa shape index (κ1) is 15.0. The van der Waals surface area contributed by atoms with Gasteiger partial charge in [0, 0.05) is 0 Å². The summed E-state index contributed by atoms with van der Waals surface area (Å²) in [4.78, 5) is 14.0. The predicted octanol–water partition coefficient (Wildman–Crippen LogP) is 1.71. The fourth-order valence-corrected chi connectivity index (χ4v) is 3.05. The van der Waals surface area contributed by atoms with E-state index in [1.165, 1.54) is 20.0 Å². The molecule has 0 atom stereocenters. The van der Waals surface area contributed by atoms with Crippen molar-refractivity contribution in [2.24, 2.45) is 7.05 Å². The van der Waals surface area contributed by atoms with Gasteiger partial charge in [-0.25, -0.2) is 0 Å². The average molecular weight is 311 g/mol. The van der Waals surface area contributed by atoms with Crippen molar-refractivity contribution in [2.75, 3.05) is 0 Å². The zero-order valence-corrected chi connectivity index (χ0v) is 12.4. The van der Waals surface area contributed by atoms with Gasteiger partial charge in [-0.3, -0.25) is 0 Å². The summed E-state index contributed by atoms with van der Waals surface area (Å²) >= 11 is 0. The SMILES string of the molecule is Cc1ccccc1S(=O)(=O)Oc1nc(C)c([N+](=O)[O-])n1C. The maximum Gasteiger partial charge on any atom is 0.407 e. The lowest BCUT2D eigenvalue weighted by atomic mass is 10.2. The second-order valence-corrected chi connectivity index (χ2v) is 5.94. The van der Waals surface area contributed by atoms with Crippen LogP contribution in [0.5, 0.6) is 6.01 Å². The highest BCUT2D eigenvalue weighted by atomic mass is 32.2. The van der Waals surface area contributed by atoms with E-state index in [0.717, 1.165) is 4.57 Å². The minimum Gasteiger partial charge on any atom is -0.358 e. The van der Waals surface area contributed by atoms with Crippen LogP contribution in [0.4, 0.5) is 5.82 Å². The Morgan fingerprint density at radius 2 is 1.90 bits per heavy atom. The van der Waals surface area contributed by atoms with Crippen molar-refractivity contribution in [2.45, 2.75) is 18.7 Å². The molecule has 0 N–H and O–H groups in total. The second-order valence-electron chi connectivity index (χ2n) is 4.42. The van der Waals surface area contributed by atoms with E-state index in [1.54, 1.807) is 25.1 Å². The molecule has 21 heavy (non-hydrogen) atoms. The van der Waals surface area contributed by atoms with E-state index in [-0.39, 0.29) is 22.4 Å². The highest BCUT2D eigenvalue weighted by Crippen LogP contribution is 2.26. The molecule has 1 aromatic carbocycles. The minimum absolute atomic E-state index is 0.00620. The van der Waals surface area contributed by atoms with E-state index in [0.29, 0.717) is 5.56 Å². The largest absolute Gasteiger partial charge is 0.407 e. The molecule has 2 aromatic rings. The van der Waals surface area contributed by atoms with Crippen LogP contribution >= 0.6 is 0 Å². The Hall–Kier alpha value is -2.42. The highest BCUT2D eigenvalue weighted by Gasteiger charge is 2.28. The second kappa shape index (κ2) is 5.17. The standard InChI is InChI=1S/C12H13N3O5S/c1-8-6-4-5-7-10(8)21(18,19)20-12-13-9(2)11(14(12)3)15(16)17/h4-7H,1-3H3. The lowest BCUT2D eigenvalue weighted by Crippen LogP contribution is -2.14. The number of benzene rings is 1. The number of imidazole rings is 1. The van der Waals surface area contributed by atoms with Crippen LogP contribution in [-0.4, -0.2) is 22.9 Å². The number of rotatable bonds is 4. The fraction of sp³-hybridized carbons (Fsp3) is 0.250. The molecule has 0 unspecified atom stereocenters. The number of aryl methyl sites for hydroxylation is 2. The van der Waals surface area contributed by atoms with Gasteiger partial charge in [-0.1, -0.05) is 18.2 Å². The third-order valence-electron chi connectivity index (χ3n) is 2.91. The van der Waals surface area contributed by atoms with Crippen molar-refractivity contribution < 1.29 is 17.5 Å². The van der Waals surface area contributed by atoms with Crippen LogP contribution in [0.1, 0.15) is 11.3 Å². The van der Waals surface area contributed by atoms with Crippen LogP contribution in [0.3, 0.4) is 0 Å². The molecule has 0 bridgehead atoms. The lowest BCUT2D eigenvalue weighted by molar-refractivity contribution is -0.392. The van der Waals surface area contributed by atoms with Crippen molar-refractivity contribution in [3.8, 4) is 6.01 Å². The van der Waals surface area contributed by atoms with Gasteiger partial charge in [-0.05, 0) is 30.4 Å². The van der Waals surface area contributed by atoms with Crippen molar-refractivity contribution in [1.29, 1.82) is 0 Å². The monoisotopic (exact) mass is 311 g/mol. The smallest absolute Gasteiger partial charge is 0.358 e. The maximum absolute atomic E-state index is 12.2. The molecule has 9 heteroatoms. The molecule has 0 fully saturated rings. The molecule has 8 nitrogen and oxygen atoms in total. The molecule has 0 aliphatic heterocycles. The first-order chi connectivity index (χ1) is 9.74. The summed E-state index contributed by atoms with van der Waals surface area (Å²) in [6, 6.07) is 5.94. The summed E-state index contributed by atoms with van der Waals surface area (Å²) in [7, 11) is -2.78. The molecule has 0 aliphatic rings. The number of nitrogens with zero attached hydrogens (tertiary/aromatic N) is 3. The van der Waals surface area contributed by atoms with Gasteiger partial charge >= 0.3 is 21.9 Å². The molecular formula is C12H13N3O5S. The molecule has 0 saturated heterocycles. The third-order valence-corrected chi connectivity index (χ3v) is 4.28. The van der Waals surface area contributed by atoms with Crippen LogP contribution < -0.4 is 4.18 Å². The molecule has 0 radical (unpaired) electrons. The van der Waals surface area contributed by atoms with Crippen LogP contribution in [0, 0.1) is 24.0 Å². The zero-order valence-electron chi connectivity index (χ0n) is 11.6. The van der Waals surface area contributed by atoms with Crippen molar-refractivity contribution in [3.63, 3.8) is 0 Å². The van der Waals surface area contributed by atoms with Crippen LogP contribution in [0.25, 0.3) is 0 Å². The topological polar surface area (TPSA) is 104 Å². The minimum atomic E-state index is -4.10. The molecule has 0 spiro atoms. The fourth-order valence-electron chi connectivity index (χ4n) is 1.91. The Bertz CT molecular complexity index is 810. The van der Waals surface area contributed by atoms with Gasteiger partial charge in [0.05, 0.1) is 7.05 Å². The van der Waals surface area contributed by atoms with Gasteiger partial charge < -0.3 is 14.3 Å². The van der Waals surface area contributed by atoms with E-state index in [4.69, 9.17) is 4.18 Å². The number of hydrogen-bond acceptors (Lipinski definition) is 6. The molecule has 2 rings (SSSR count). The molecule has 0 aliphatic carbocycles. The molecule has 1 aromatic heterocycles. The Balaban J connectivity index is 2.46. The summed E-state index contributed by atoms with van der Waals surface area (Å²) in [5.74, 6) is -0.315. The van der Waals surface area contributed by atoms with Gasteiger partial charge in [-0.2, -0.15) is 18.0 Å². The van der Waals surface area contributed by atoms with Gasteiger partial charge in [-0.15, -0.1) is 0 Å². The molecule has 1 heterocycles. The normalized spacial score (nSPS) is 11.4. The third kappa shape index (κ3) is 2.72. The number of hydrogen-bond donors (Lipinski definition) is 0. The molecular weight excluding hydrogens is 298 g/mol. The Morgan fingerprint density at radius 1 is 1.29 bits per heavy atom. The van der Waals surface area contributed by atoms with Crippen LogP contribution in [0.2, 0.25) is 0 Å². The first-order valence-electron chi connectivity index (χ1n) is 5.92. The van der Waals surface area contributed by atoms with Gasteiger partial charge in [0.2, 0.25) is 0 Å². The Labute approximate surface area is 121 Å². The number of nitro groups is 1. The maximum atomic E-state index is 12.2. The van der Waals surface area contributed by atoms with E-state index >= 15 is 0 Å². The first-order valence-corrected chi connectivity index (χ1v) is 7.32. The quantitative estimate of drug-likeness (QED) is 0.483. The van der Waals surface area contributed by atoms with Crippen LogP contribution in [-0.2, 0) is 17.2 Å². The summed E-state index contributed by atoms with van der Waals surface area (Å²) in [6.07, 6.45) is 0. The zero-order chi connectivity index (χ0) is 15.8. The number of aromatic nitrogens is 2. The van der Waals surface area contributed by atoms with Crippen molar-refractivity contribution in [1.82, 2.24) is 9.55 Å². The van der Waals surface area contributed by atoms with Gasteiger partial charge in [0.25, 0.3) is 0 Å². The highest BCUT2D eigenvalue weighted by molar-refractivity contribution is 7.87. The predicted molar refractivity (Wildman–Crippen MR) is 73.6 cm³/mol. The van der Waals surface area contributed by atoms with E-state index in [1.807, 2.05) is 0 Å². The molecule has 0 amide bonds. The van der Waals surface area contributed by atoms with Crippen molar-refractivity contribution in [3.05, 3.63) is 45.6 Å². The van der Waals surface area contributed by atoms with Gasteiger partial charge in [0.15, 0.2) is 0 Å².